The van der Waals surface area contributed by atoms with Crippen LogP contribution in [-0.4, -0.2) is 16.9 Å². The fourth-order valence-corrected chi connectivity index (χ4v) is 6.35. The van der Waals surface area contributed by atoms with Crippen LogP contribution >= 0.6 is 11.8 Å². The molecule has 2 fully saturated rings. The molecular weight excluding hydrogens is 468 g/mol. The van der Waals surface area contributed by atoms with E-state index in [0.717, 1.165) is 75.1 Å². The summed E-state index contributed by atoms with van der Waals surface area (Å²) in [7, 11) is 0. The van der Waals surface area contributed by atoms with Gasteiger partial charge >= 0.3 is 0 Å². The quantitative estimate of drug-likeness (QED) is 0.395. The van der Waals surface area contributed by atoms with E-state index < -0.39 is 11.5 Å². The van der Waals surface area contributed by atoms with Gasteiger partial charge in [-0.2, -0.15) is 0 Å². The second-order valence-electron chi connectivity index (χ2n) is 10.9. The van der Waals surface area contributed by atoms with Gasteiger partial charge in [-0.05, 0) is 55.1 Å². The largest absolute Gasteiger partial charge is 0.341 e. The molecule has 6 heteroatoms. The highest BCUT2D eigenvalue weighted by molar-refractivity contribution is 8.13. The number of benzene rings is 2. The standard InChI is InChI=1S/C30H38N2O3S/c1-29(18-10-4-11-19-29)27(34)31-23-16-8-9-17-24(23)36-26(33)25(22-14-6-3-7-15-22)32-28(35)30(2)20-12-5-13-21-30/h3,6-9,14-17,25H,4-5,10-13,18-21H2,1-2H3,(H,31,34)(H,32,35). The van der Waals surface area contributed by atoms with Gasteiger partial charge in [-0.1, -0.05) is 94.8 Å². The van der Waals surface area contributed by atoms with E-state index in [4.69, 9.17) is 0 Å². The van der Waals surface area contributed by atoms with Crippen LogP contribution in [0.1, 0.15) is 89.7 Å². The van der Waals surface area contributed by atoms with E-state index in [0.29, 0.717) is 10.6 Å². The smallest absolute Gasteiger partial charge is 0.230 e. The Balaban J connectivity index is 1.53. The highest BCUT2D eigenvalue weighted by Gasteiger charge is 2.38. The molecule has 2 aliphatic rings. The van der Waals surface area contributed by atoms with Crippen molar-refractivity contribution in [3.63, 3.8) is 0 Å². The summed E-state index contributed by atoms with van der Waals surface area (Å²) >= 11 is 1.08. The SMILES string of the molecule is CC1(C(=O)Nc2ccccc2SC(=O)C(NC(=O)C2(C)CCCCC2)c2ccccc2)CCCCC1. The molecule has 4 rings (SSSR count). The Labute approximate surface area is 219 Å². The van der Waals surface area contributed by atoms with Crippen molar-refractivity contribution in [1.29, 1.82) is 0 Å². The molecule has 0 radical (unpaired) electrons. The molecule has 0 bridgehead atoms. The number of hydrogen-bond donors (Lipinski definition) is 2. The second kappa shape index (κ2) is 11.6. The maximum absolute atomic E-state index is 13.7. The van der Waals surface area contributed by atoms with Crippen molar-refractivity contribution in [2.45, 2.75) is 89.0 Å². The Hall–Kier alpha value is -2.60. The summed E-state index contributed by atoms with van der Waals surface area (Å²) in [6.45, 7) is 4.05. The van der Waals surface area contributed by atoms with E-state index in [1.54, 1.807) is 0 Å². The van der Waals surface area contributed by atoms with Crippen LogP contribution in [-0.2, 0) is 14.4 Å². The number of thioether (sulfide) groups is 1. The van der Waals surface area contributed by atoms with Gasteiger partial charge in [0.2, 0.25) is 16.9 Å². The highest BCUT2D eigenvalue weighted by Crippen LogP contribution is 2.40. The zero-order valence-corrected chi connectivity index (χ0v) is 22.3. The fraction of sp³-hybridized carbons (Fsp3) is 0.500. The molecule has 1 atom stereocenters. The summed E-state index contributed by atoms with van der Waals surface area (Å²) in [5, 5.41) is 6.02. The summed E-state index contributed by atoms with van der Waals surface area (Å²) in [5.74, 6) is -0.0438. The molecule has 192 valence electrons. The first-order valence-corrected chi connectivity index (χ1v) is 14.1. The first kappa shape index (κ1) is 26.5. The van der Waals surface area contributed by atoms with Crippen molar-refractivity contribution in [2.75, 3.05) is 5.32 Å². The molecule has 2 N–H and O–H groups in total. The van der Waals surface area contributed by atoms with Gasteiger partial charge in [-0.25, -0.2) is 0 Å². The zero-order chi connectivity index (χ0) is 25.6. The lowest BCUT2D eigenvalue weighted by Crippen LogP contribution is -2.43. The lowest BCUT2D eigenvalue weighted by molar-refractivity contribution is -0.134. The minimum atomic E-state index is -0.762. The normalized spacial score (nSPS) is 19.6. The molecule has 5 nitrogen and oxygen atoms in total. The average molecular weight is 507 g/mol. The molecule has 0 heterocycles. The van der Waals surface area contributed by atoms with Gasteiger partial charge in [0.15, 0.2) is 0 Å². The Kier molecular flexibility index (Phi) is 8.55. The van der Waals surface area contributed by atoms with Crippen LogP contribution in [0.2, 0.25) is 0 Å². The van der Waals surface area contributed by atoms with E-state index in [2.05, 4.69) is 10.6 Å². The van der Waals surface area contributed by atoms with Crippen LogP contribution in [0.3, 0.4) is 0 Å². The number of hydrogen-bond acceptors (Lipinski definition) is 4. The Morgan fingerprint density at radius 3 is 1.86 bits per heavy atom. The van der Waals surface area contributed by atoms with Gasteiger partial charge in [0.05, 0.1) is 5.69 Å². The minimum Gasteiger partial charge on any atom is -0.341 e. The minimum absolute atomic E-state index is 0.0147. The molecule has 0 aromatic heterocycles. The van der Waals surface area contributed by atoms with E-state index in [1.807, 2.05) is 68.4 Å². The number of rotatable bonds is 7. The number of para-hydroxylation sites is 1. The van der Waals surface area contributed by atoms with E-state index >= 15 is 0 Å². The van der Waals surface area contributed by atoms with Crippen LogP contribution in [0.15, 0.2) is 59.5 Å². The monoisotopic (exact) mass is 506 g/mol. The van der Waals surface area contributed by atoms with Crippen LogP contribution in [0, 0.1) is 10.8 Å². The Bertz CT molecular complexity index is 1070. The predicted molar refractivity (Wildman–Crippen MR) is 146 cm³/mol. The summed E-state index contributed by atoms with van der Waals surface area (Å²) in [6.07, 6.45) is 9.98. The molecule has 0 aliphatic heterocycles. The fourth-order valence-electron chi connectivity index (χ4n) is 5.45. The van der Waals surface area contributed by atoms with Gasteiger partial charge in [0.25, 0.3) is 0 Å². The van der Waals surface area contributed by atoms with E-state index in [1.165, 1.54) is 6.42 Å². The number of amides is 2. The van der Waals surface area contributed by atoms with Crippen molar-refractivity contribution in [3.05, 3.63) is 60.2 Å². The molecule has 2 aromatic rings. The van der Waals surface area contributed by atoms with Crippen molar-refractivity contribution >= 4 is 34.4 Å². The number of carbonyl (C=O) groups is 3. The van der Waals surface area contributed by atoms with E-state index in [9.17, 15) is 14.4 Å². The van der Waals surface area contributed by atoms with E-state index in [-0.39, 0.29) is 22.3 Å². The topological polar surface area (TPSA) is 75.3 Å². The molecule has 2 aromatic carbocycles. The highest BCUT2D eigenvalue weighted by atomic mass is 32.2. The molecule has 0 saturated heterocycles. The number of anilines is 1. The van der Waals surface area contributed by atoms with Crippen LogP contribution in [0.4, 0.5) is 5.69 Å². The van der Waals surface area contributed by atoms with Gasteiger partial charge in [-0.3, -0.25) is 14.4 Å². The summed E-state index contributed by atoms with van der Waals surface area (Å²) in [5.41, 5.74) is 0.581. The molecule has 1 unspecified atom stereocenters. The maximum Gasteiger partial charge on any atom is 0.230 e. The maximum atomic E-state index is 13.7. The summed E-state index contributed by atoms with van der Waals surface area (Å²) in [4.78, 5) is 40.9. The van der Waals surface area contributed by atoms with Crippen molar-refractivity contribution in [3.8, 4) is 0 Å². The number of nitrogens with one attached hydrogen (secondary N) is 2. The summed E-state index contributed by atoms with van der Waals surface area (Å²) < 4.78 is 0. The van der Waals surface area contributed by atoms with Crippen molar-refractivity contribution < 1.29 is 14.4 Å². The zero-order valence-electron chi connectivity index (χ0n) is 21.5. The van der Waals surface area contributed by atoms with Crippen molar-refractivity contribution in [1.82, 2.24) is 5.32 Å². The van der Waals surface area contributed by atoms with Gasteiger partial charge in [0.1, 0.15) is 6.04 Å². The average Bonchev–Trinajstić information content (AvgIpc) is 2.89. The summed E-state index contributed by atoms with van der Waals surface area (Å²) in [6, 6.07) is 16.1. The first-order chi connectivity index (χ1) is 17.3. The predicted octanol–water partition coefficient (Wildman–Crippen LogP) is 7.04. The van der Waals surface area contributed by atoms with Gasteiger partial charge in [-0.15, -0.1) is 0 Å². The third-order valence-corrected chi connectivity index (χ3v) is 9.01. The molecule has 2 amide bonds. The lowest BCUT2D eigenvalue weighted by atomic mass is 9.75. The van der Waals surface area contributed by atoms with Gasteiger partial charge < -0.3 is 10.6 Å². The van der Waals surface area contributed by atoms with Gasteiger partial charge in [0, 0.05) is 15.7 Å². The van der Waals surface area contributed by atoms with Crippen LogP contribution in [0.25, 0.3) is 0 Å². The third kappa shape index (κ3) is 6.20. The van der Waals surface area contributed by atoms with Crippen LogP contribution in [0.5, 0.6) is 0 Å². The Morgan fingerprint density at radius 1 is 0.722 bits per heavy atom. The number of carbonyl (C=O) groups excluding carboxylic acids is 3. The lowest BCUT2D eigenvalue weighted by Gasteiger charge is -2.33. The molecule has 2 saturated carbocycles. The molecule has 0 spiro atoms. The van der Waals surface area contributed by atoms with Crippen molar-refractivity contribution in [2.24, 2.45) is 10.8 Å². The third-order valence-electron chi connectivity index (χ3n) is 8.00. The molecule has 36 heavy (non-hydrogen) atoms. The molecular formula is C30H38N2O3S. The first-order valence-electron chi connectivity index (χ1n) is 13.3. The van der Waals surface area contributed by atoms with Crippen LogP contribution < -0.4 is 10.6 Å². The molecule has 2 aliphatic carbocycles. The second-order valence-corrected chi connectivity index (χ2v) is 12.0. The Morgan fingerprint density at radius 2 is 1.25 bits per heavy atom.